The molecule has 6 nitrogen and oxygen atoms in total. The number of hydrogen-bond donors (Lipinski definition) is 0. The molecule has 1 aromatic carbocycles. The van der Waals surface area contributed by atoms with Crippen molar-refractivity contribution in [1.82, 2.24) is 19.7 Å². The molecule has 0 atom stereocenters. The fraction of sp³-hybridized carbons (Fsp3) is 0.261. The second kappa shape index (κ2) is 8.14. The summed E-state index contributed by atoms with van der Waals surface area (Å²) in [5, 5.41) is 4.98. The molecule has 0 bridgehead atoms. The zero-order valence-corrected chi connectivity index (χ0v) is 17.7. The fourth-order valence-electron chi connectivity index (χ4n) is 3.47. The summed E-state index contributed by atoms with van der Waals surface area (Å²) in [4.78, 5) is 19.4. The number of aromatic nitrogens is 3. The summed E-state index contributed by atoms with van der Waals surface area (Å²) in [5.74, 6) is 0.219. The predicted octanol–water partition coefficient (Wildman–Crippen LogP) is 5.56. The molecule has 0 saturated heterocycles. The Morgan fingerprint density at radius 2 is 1.91 bits per heavy atom. The van der Waals surface area contributed by atoms with Gasteiger partial charge in [0.2, 0.25) is 0 Å². The van der Waals surface area contributed by atoms with Gasteiger partial charge in [-0.05, 0) is 49.7 Å². The van der Waals surface area contributed by atoms with E-state index in [1.165, 1.54) is 23.3 Å². The van der Waals surface area contributed by atoms with E-state index in [1.54, 1.807) is 36.1 Å². The van der Waals surface area contributed by atoms with E-state index in [4.69, 9.17) is 4.42 Å². The van der Waals surface area contributed by atoms with E-state index in [2.05, 4.69) is 10.1 Å². The molecule has 0 saturated carbocycles. The SMILES string of the molecule is CC(C)n1ncc2c(C(=O)N(C)Cc3ccc(C(F)(F)F)cc3)cc(-c3ccco3)nc21. The van der Waals surface area contributed by atoms with Crippen LogP contribution in [0.15, 0.2) is 59.3 Å². The van der Waals surface area contributed by atoms with Crippen molar-refractivity contribution in [1.29, 1.82) is 0 Å². The van der Waals surface area contributed by atoms with Crippen LogP contribution in [0.5, 0.6) is 0 Å². The second-order valence-electron chi connectivity index (χ2n) is 7.81. The van der Waals surface area contributed by atoms with Crippen molar-refractivity contribution in [2.45, 2.75) is 32.6 Å². The van der Waals surface area contributed by atoms with Gasteiger partial charge in [-0.3, -0.25) is 4.79 Å². The largest absolute Gasteiger partial charge is 0.463 e. The van der Waals surface area contributed by atoms with Crippen LogP contribution in [0, 0.1) is 0 Å². The second-order valence-corrected chi connectivity index (χ2v) is 7.81. The van der Waals surface area contributed by atoms with Crippen molar-refractivity contribution < 1.29 is 22.4 Å². The normalized spacial score (nSPS) is 12.0. The number of benzene rings is 1. The molecule has 4 aromatic rings. The first kappa shape index (κ1) is 21.6. The molecule has 32 heavy (non-hydrogen) atoms. The molecule has 9 heteroatoms. The van der Waals surface area contributed by atoms with E-state index in [0.29, 0.717) is 33.6 Å². The zero-order valence-electron chi connectivity index (χ0n) is 17.7. The average molecular weight is 442 g/mol. The molecular formula is C23H21F3N4O2. The van der Waals surface area contributed by atoms with Crippen LogP contribution < -0.4 is 0 Å². The third-order valence-corrected chi connectivity index (χ3v) is 5.11. The highest BCUT2D eigenvalue weighted by atomic mass is 19.4. The average Bonchev–Trinajstić information content (AvgIpc) is 3.42. The number of fused-ring (bicyclic) bond motifs is 1. The van der Waals surface area contributed by atoms with E-state index >= 15 is 0 Å². The molecule has 3 aromatic heterocycles. The minimum Gasteiger partial charge on any atom is -0.463 e. The number of pyridine rings is 1. The Hall–Kier alpha value is -3.62. The van der Waals surface area contributed by atoms with Gasteiger partial charge in [0.05, 0.1) is 29.0 Å². The lowest BCUT2D eigenvalue weighted by molar-refractivity contribution is -0.137. The Labute approximate surface area is 182 Å². The Kier molecular flexibility index (Phi) is 5.50. The summed E-state index contributed by atoms with van der Waals surface area (Å²) in [6.45, 7) is 4.08. The summed E-state index contributed by atoms with van der Waals surface area (Å²) >= 11 is 0. The number of amides is 1. The third-order valence-electron chi connectivity index (χ3n) is 5.11. The van der Waals surface area contributed by atoms with Crippen LogP contribution in [0.1, 0.15) is 41.4 Å². The number of carbonyl (C=O) groups excluding carboxylic acids is 1. The van der Waals surface area contributed by atoms with Crippen LogP contribution in [-0.4, -0.2) is 32.6 Å². The molecule has 0 N–H and O–H groups in total. The molecule has 0 aliphatic carbocycles. The highest BCUT2D eigenvalue weighted by molar-refractivity contribution is 6.06. The standard InChI is InChI=1S/C23H21F3N4O2/c1-14(2)30-21-18(12-27-30)17(11-19(28-21)20-5-4-10-32-20)22(31)29(3)13-15-6-8-16(9-7-15)23(24,25)26/h4-12,14H,13H2,1-3H3. The van der Waals surface area contributed by atoms with Crippen LogP contribution in [0.2, 0.25) is 0 Å². The van der Waals surface area contributed by atoms with Gasteiger partial charge in [0.25, 0.3) is 5.91 Å². The molecule has 166 valence electrons. The maximum absolute atomic E-state index is 13.3. The molecular weight excluding hydrogens is 421 g/mol. The minimum atomic E-state index is -4.40. The van der Waals surface area contributed by atoms with Crippen LogP contribution in [0.3, 0.4) is 0 Å². The number of carbonyl (C=O) groups is 1. The Morgan fingerprint density at radius 3 is 2.50 bits per heavy atom. The highest BCUT2D eigenvalue weighted by Crippen LogP contribution is 2.30. The van der Waals surface area contributed by atoms with Gasteiger partial charge in [-0.2, -0.15) is 18.3 Å². The van der Waals surface area contributed by atoms with Gasteiger partial charge in [0, 0.05) is 19.6 Å². The topological polar surface area (TPSA) is 64.2 Å². The fourth-order valence-corrected chi connectivity index (χ4v) is 3.47. The molecule has 3 heterocycles. The van der Waals surface area contributed by atoms with Crippen molar-refractivity contribution in [2.24, 2.45) is 0 Å². The van der Waals surface area contributed by atoms with Gasteiger partial charge >= 0.3 is 6.18 Å². The third kappa shape index (κ3) is 4.10. The molecule has 0 aliphatic rings. The van der Waals surface area contributed by atoms with Crippen molar-refractivity contribution in [3.8, 4) is 11.5 Å². The lowest BCUT2D eigenvalue weighted by atomic mass is 10.1. The summed E-state index contributed by atoms with van der Waals surface area (Å²) < 4.78 is 45.6. The first-order chi connectivity index (χ1) is 15.1. The molecule has 0 fully saturated rings. The van der Waals surface area contributed by atoms with Crippen molar-refractivity contribution in [3.63, 3.8) is 0 Å². The van der Waals surface area contributed by atoms with Gasteiger partial charge in [0.15, 0.2) is 11.4 Å². The van der Waals surface area contributed by atoms with Gasteiger partial charge in [-0.25, -0.2) is 9.67 Å². The van der Waals surface area contributed by atoms with Crippen molar-refractivity contribution in [3.05, 3.63) is 71.6 Å². The number of nitrogens with zero attached hydrogens (tertiary/aromatic N) is 4. The van der Waals surface area contributed by atoms with Gasteiger partial charge in [-0.1, -0.05) is 12.1 Å². The molecule has 0 aliphatic heterocycles. The van der Waals surface area contributed by atoms with Crippen LogP contribution in [-0.2, 0) is 12.7 Å². The Bertz CT molecular complexity index is 1240. The van der Waals surface area contributed by atoms with E-state index in [-0.39, 0.29) is 18.5 Å². The van der Waals surface area contributed by atoms with Crippen LogP contribution in [0.4, 0.5) is 13.2 Å². The van der Waals surface area contributed by atoms with E-state index in [0.717, 1.165) is 12.1 Å². The Balaban J connectivity index is 1.69. The smallest absolute Gasteiger partial charge is 0.416 e. The van der Waals surface area contributed by atoms with Crippen molar-refractivity contribution >= 4 is 16.9 Å². The monoisotopic (exact) mass is 442 g/mol. The lowest BCUT2D eigenvalue weighted by Gasteiger charge is -2.19. The lowest BCUT2D eigenvalue weighted by Crippen LogP contribution is -2.26. The molecule has 4 rings (SSSR count). The maximum Gasteiger partial charge on any atom is 0.416 e. The summed E-state index contributed by atoms with van der Waals surface area (Å²) in [6.07, 6.45) is -1.27. The van der Waals surface area contributed by atoms with Gasteiger partial charge < -0.3 is 9.32 Å². The van der Waals surface area contributed by atoms with E-state index in [9.17, 15) is 18.0 Å². The minimum absolute atomic E-state index is 0.0275. The number of alkyl halides is 3. The first-order valence-corrected chi connectivity index (χ1v) is 9.99. The predicted molar refractivity (Wildman–Crippen MR) is 113 cm³/mol. The maximum atomic E-state index is 13.3. The molecule has 0 spiro atoms. The zero-order chi connectivity index (χ0) is 23.0. The molecule has 0 radical (unpaired) electrons. The van der Waals surface area contributed by atoms with Gasteiger partial charge in [-0.15, -0.1) is 0 Å². The van der Waals surface area contributed by atoms with Gasteiger partial charge in [0.1, 0.15) is 5.69 Å². The summed E-state index contributed by atoms with van der Waals surface area (Å²) in [5.41, 5.74) is 1.30. The van der Waals surface area contributed by atoms with Crippen molar-refractivity contribution in [2.75, 3.05) is 7.05 Å². The quantitative estimate of drug-likeness (QED) is 0.406. The first-order valence-electron chi connectivity index (χ1n) is 9.99. The molecule has 1 amide bonds. The highest BCUT2D eigenvalue weighted by Gasteiger charge is 2.30. The van der Waals surface area contributed by atoms with Crippen LogP contribution >= 0.6 is 0 Å². The number of furan rings is 1. The van der Waals surface area contributed by atoms with E-state index < -0.39 is 11.7 Å². The summed E-state index contributed by atoms with van der Waals surface area (Å²) in [6, 6.07) is 9.95. The number of rotatable bonds is 5. The van der Waals surface area contributed by atoms with E-state index in [1.807, 2.05) is 13.8 Å². The molecule has 0 unspecified atom stereocenters. The summed E-state index contributed by atoms with van der Waals surface area (Å²) in [7, 11) is 1.60. The Morgan fingerprint density at radius 1 is 1.19 bits per heavy atom. The number of halogens is 3. The number of hydrogen-bond acceptors (Lipinski definition) is 4. The van der Waals surface area contributed by atoms with Crippen LogP contribution in [0.25, 0.3) is 22.5 Å².